The minimum atomic E-state index is -0.313. The second-order valence-electron chi connectivity index (χ2n) is 6.32. The molecule has 0 aromatic heterocycles. The monoisotopic (exact) mass is 423 g/mol. The number of piperazine rings is 1. The standard InChI is InChI=1S/C18H29N3O4.2ClH/c1-4-5-6-7-15(20-10-8-19-9-11-20)14-12-17(24-2)18(25-3)13-16(14)21(22)23;;/h12-13,15,19H,4-11H2,1-3H3;2*1H/t15-;;/m1../s1. The second kappa shape index (κ2) is 13.0. The van der Waals surface area contributed by atoms with Crippen LogP contribution in [0.4, 0.5) is 5.69 Å². The first kappa shape index (κ1) is 25.7. The number of nitro benzene ring substituents is 1. The minimum absolute atomic E-state index is 0. The Kier molecular flexibility index (Phi) is 12.4. The van der Waals surface area contributed by atoms with E-state index in [9.17, 15) is 10.1 Å². The van der Waals surface area contributed by atoms with E-state index in [2.05, 4.69) is 17.1 Å². The molecule has 0 bridgehead atoms. The fourth-order valence-corrected chi connectivity index (χ4v) is 3.43. The van der Waals surface area contributed by atoms with Crippen molar-refractivity contribution in [3.05, 3.63) is 27.8 Å². The Labute approximate surface area is 173 Å². The summed E-state index contributed by atoms with van der Waals surface area (Å²) in [4.78, 5) is 13.7. The van der Waals surface area contributed by atoms with Gasteiger partial charge in [0.25, 0.3) is 5.69 Å². The largest absolute Gasteiger partial charge is 0.493 e. The van der Waals surface area contributed by atoms with Crippen molar-refractivity contribution in [1.29, 1.82) is 0 Å². The van der Waals surface area contributed by atoms with Gasteiger partial charge in [-0.3, -0.25) is 15.0 Å². The number of unbranched alkanes of at least 4 members (excludes halogenated alkanes) is 2. The van der Waals surface area contributed by atoms with Gasteiger partial charge >= 0.3 is 0 Å². The molecule has 1 fully saturated rings. The SMILES string of the molecule is CCCCC[C@H](c1cc(OC)c(OC)cc1[N+](=O)[O-])N1CCNCC1.Cl.Cl. The molecule has 0 radical (unpaired) electrons. The molecule has 1 aromatic carbocycles. The Morgan fingerprint density at radius 1 is 1.15 bits per heavy atom. The van der Waals surface area contributed by atoms with E-state index in [1.807, 2.05) is 0 Å². The highest BCUT2D eigenvalue weighted by molar-refractivity contribution is 5.85. The molecule has 156 valence electrons. The van der Waals surface area contributed by atoms with Crippen LogP contribution < -0.4 is 14.8 Å². The number of nitrogens with one attached hydrogen (secondary N) is 1. The molecule has 2 rings (SSSR count). The maximum Gasteiger partial charge on any atom is 0.278 e. The van der Waals surface area contributed by atoms with Crippen molar-refractivity contribution in [1.82, 2.24) is 10.2 Å². The molecule has 27 heavy (non-hydrogen) atoms. The summed E-state index contributed by atoms with van der Waals surface area (Å²) in [5.41, 5.74) is 0.832. The van der Waals surface area contributed by atoms with Crippen molar-refractivity contribution < 1.29 is 14.4 Å². The number of hydrogen-bond acceptors (Lipinski definition) is 6. The van der Waals surface area contributed by atoms with Crippen LogP contribution in [0.25, 0.3) is 0 Å². The van der Waals surface area contributed by atoms with Crippen LogP contribution in [0.2, 0.25) is 0 Å². The highest BCUT2D eigenvalue weighted by Gasteiger charge is 2.30. The lowest BCUT2D eigenvalue weighted by Gasteiger charge is -2.35. The number of nitro groups is 1. The van der Waals surface area contributed by atoms with Gasteiger partial charge in [0.2, 0.25) is 0 Å². The quantitative estimate of drug-likeness (QED) is 0.367. The number of ether oxygens (including phenoxy) is 2. The summed E-state index contributed by atoms with van der Waals surface area (Å²) in [5, 5.41) is 15.0. The maximum absolute atomic E-state index is 11.7. The van der Waals surface area contributed by atoms with Crippen molar-refractivity contribution in [3.8, 4) is 11.5 Å². The fraction of sp³-hybridized carbons (Fsp3) is 0.667. The molecule has 1 heterocycles. The van der Waals surface area contributed by atoms with E-state index in [0.717, 1.165) is 57.4 Å². The van der Waals surface area contributed by atoms with Crippen LogP contribution in [-0.2, 0) is 0 Å². The van der Waals surface area contributed by atoms with Gasteiger partial charge in [-0.15, -0.1) is 24.8 Å². The fourth-order valence-electron chi connectivity index (χ4n) is 3.43. The Morgan fingerprint density at radius 3 is 2.26 bits per heavy atom. The molecule has 0 spiro atoms. The number of nitrogens with zero attached hydrogens (tertiary/aromatic N) is 2. The Hall–Kier alpha value is -1.28. The average molecular weight is 424 g/mol. The van der Waals surface area contributed by atoms with Crippen LogP contribution in [0.15, 0.2) is 12.1 Å². The van der Waals surface area contributed by atoms with Crippen molar-refractivity contribution in [3.63, 3.8) is 0 Å². The third-order valence-electron chi connectivity index (χ3n) is 4.76. The molecule has 1 aliphatic heterocycles. The molecule has 0 amide bonds. The number of hydrogen-bond donors (Lipinski definition) is 1. The second-order valence-corrected chi connectivity index (χ2v) is 6.32. The molecule has 0 saturated carbocycles. The van der Waals surface area contributed by atoms with Gasteiger partial charge in [-0.2, -0.15) is 0 Å². The average Bonchev–Trinajstić information content (AvgIpc) is 2.65. The van der Waals surface area contributed by atoms with Crippen LogP contribution in [-0.4, -0.2) is 50.2 Å². The molecular weight excluding hydrogens is 393 g/mol. The molecular formula is C18H31Cl2N3O4. The van der Waals surface area contributed by atoms with E-state index in [1.165, 1.54) is 13.2 Å². The van der Waals surface area contributed by atoms with E-state index in [0.29, 0.717) is 11.5 Å². The zero-order valence-electron chi connectivity index (χ0n) is 16.2. The molecule has 0 unspecified atom stereocenters. The first-order chi connectivity index (χ1) is 12.1. The Morgan fingerprint density at radius 2 is 1.74 bits per heavy atom. The molecule has 1 atom stereocenters. The molecule has 0 aliphatic carbocycles. The van der Waals surface area contributed by atoms with Crippen molar-refractivity contribution >= 4 is 30.5 Å². The van der Waals surface area contributed by atoms with Gasteiger partial charge in [0.1, 0.15) is 0 Å². The van der Waals surface area contributed by atoms with Gasteiger partial charge in [0, 0.05) is 32.2 Å². The lowest BCUT2D eigenvalue weighted by molar-refractivity contribution is -0.386. The van der Waals surface area contributed by atoms with E-state index in [-0.39, 0.29) is 41.5 Å². The highest BCUT2D eigenvalue weighted by atomic mass is 35.5. The molecule has 1 saturated heterocycles. The van der Waals surface area contributed by atoms with Gasteiger partial charge in [-0.1, -0.05) is 26.2 Å². The van der Waals surface area contributed by atoms with Gasteiger partial charge in [-0.05, 0) is 12.5 Å². The zero-order chi connectivity index (χ0) is 18.2. The van der Waals surface area contributed by atoms with Crippen LogP contribution in [0.3, 0.4) is 0 Å². The number of halogens is 2. The van der Waals surface area contributed by atoms with Gasteiger partial charge in [0.15, 0.2) is 11.5 Å². The van der Waals surface area contributed by atoms with E-state index in [4.69, 9.17) is 9.47 Å². The Balaban J connectivity index is 0.00000338. The van der Waals surface area contributed by atoms with Crippen LogP contribution in [0.5, 0.6) is 11.5 Å². The summed E-state index contributed by atoms with van der Waals surface area (Å²) >= 11 is 0. The van der Waals surface area contributed by atoms with Gasteiger partial charge < -0.3 is 14.8 Å². The molecule has 1 aromatic rings. The van der Waals surface area contributed by atoms with Crippen molar-refractivity contribution in [2.24, 2.45) is 0 Å². The first-order valence-electron chi connectivity index (χ1n) is 8.97. The Bertz CT molecular complexity index is 584. The summed E-state index contributed by atoms with van der Waals surface area (Å²) in [6.45, 7) is 5.76. The van der Waals surface area contributed by atoms with E-state index < -0.39 is 0 Å². The van der Waals surface area contributed by atoms with Crippen molar-refractivity contribution in [2.45, 2.75) is 38.6 Å². The van der Waals surface area contributed by atoms with Crippen LogP contribution in [0.1, 0.15) is 44.2 Å². The highest BCUT2D eigenvalue weighted by Crippen LogP contribution is 2.40. The molecule has 9 heteroatoms. The summed E-state index contributed by atoms with van der Waals surface area (Å²) in [6, 6.07) is 3.30. The zero-order valence-corrected chi connectivity index (χ0v) is 17.9. The lowest BCUT2D eigenvalue weighted by atomic mass is 9.96. The summed E-state index contributed by atoms with van der Waals surface area (Å²) in [5.74, 6) is 0.935. The van der Waals surface area contributed by atoms with Crippen LogP contribution >= 0.6 is 24.8 Å². The van der Waals surface area contributed by atoms with Gasteiger partial charge in [0.05, 0.1) is 30.8 Å². The summed E-state index contributed by atoms with van der Waals surface area (Å²) in [7, 11) is 3.06. The summed E-state index contributed by atoms with van der Waals surface area (Å²) in [6.07, 6.45) is 4.22. The smallest absolute Gasteiger partial charge is 0.278 e. The lowest BCUT2D eigenvalue weighted by Crippen LogP contribution is -2.45. The number of methoxy groups -OCH3 is 2. The molecule has 1 N–H and O–H groups in total. The third kappa shape index (κ3) is 6.68. The van der Waals surface area contributed by atoms with E-state index >= 15 is 0 Å². The predicted molar refractivity (Wildman–Crippen MR) is 112 cm³/mol. The molecule has 7 nitrogen and oxygen atoms in total. The number of rotatable bonds is 9. The van der Waals surface area contributed by atoms with Crippen LogP contribution in [0, 0.1) is 10.1 Å². The first-order valence-corrected chi connectivity index (χ1v) is 8.97. The normalized spacial score (nSPS) is 15.2. The van der Waals surface area contributed by atoms with E-state index in [1.54, 1.807) is 13.2 Å². The van der Waals surface area contributed by atoms with Gasteiger partial charge in [-0.25, -0.2) is 0 Å². The predicted octanol–water partition coefficient (Wildman–Crippen LogP) is 3.98. The number of benzene rings is 1. The third-order valence-corrected chi connectivity index (χ3v) is 4.76. The maximum atomic E-state index is 11.7. The molecule has 1 aliphatic rings. The topological polar surface area (TPSA) is 76.9 Å². The minimum Gasteiger partial charge on any atom is -0.493 e. The summed E-state index contributed by atoms with van der Waals surface area (Å²) < 4.78 is 10.6. The van der Waals surface area contributed by atoms with Crippen molar-refractivity contribution in [2.75, 3.05) is 40.4 Å².